The van der Waals surface area contributed by atoms with Crippen LogP contribution in [0, 0.1) is 0 Å². The lowest BCUT2D eigenvalue weighted by molar-refractivity contribution is 0.181. The van der Waals surface area contributed by atoms with E-state index in [9.17, 15) is 0 Å². The fourth-order valence-electron chi connectivity index (χ4n) is 2.66. The Balaban J connectivity index is 1.84. The van der Waals surface area contributed by atoms with Crippen LogP contribution in [0.5, 0.6) is 0 Å². The molecule has 1 aromatic rings. The van der Waals surface area contributed by atoms with Gasteiger partial charge < -0.3 is 5.32 Å². The first-order valence-corrected chi connectivity index (χ1v) is 7.21. The smallest absolute Gasteiger partial charge is 0.0239 e. The predicted octanol–water partition coefficient (Wildman–Crippen LogP) is 2.82. The van der Waals surface area contributed by atoms with Gasteiger partial charge in [-0.3, -0.25) is 4.90 Å². The highest BCUT2D eigenvalue weighted by molar-refractivity contribution is 5.29. The molecule has 0 fully saturated rings. The van der Waals surface area contributed by atoms with Gasteiger partial charge in [-0.05, 0) is 37.4 Å². The van der Waals surface area contributed by atoms with E-state index in [1.165, 1.54) is 24.9 Å². The molecule has 1 unspecified atom stereocenters. The molecule has 1 aliphatic rings. The largest absolute Gasteiger partial charge is 0.314 e. The maximum absolute atomic E-state index is 3.51. The van der Waals surface area contributed by atoms with E-state index in [1.54, 1.807) is 5.56 Å². The maximum Gasteiger partial charge on any atom is 0.0239 e. The number of rotatable bonds is 5. The summed E-state index contributed by atoms with van der Waals surface area (Å²) in [4.78, 5) is 2.62. The third-order valence-electron chi connectivity index (χ3n) is 3.90. The van der Waals surface area contributed by atoms with Crippen molar-refractivity contribution in [3.8, 4) is 0 Å². The molecule has 1 N–H and O–H groups in total. The minimum Gasteiger partial charge on any atom is -0.314 e. The summed E-state index contributed by atoms with van der Waals surface area (Å²) < 4.78 is 0. The Morgan fingerprint density at radius 3 is 2.61 bits per heavy atom. The second-order valence-electron chi connectivity index (χ2n) is 5.74. The van der Waals surface area contributed by atoms with Gasteiger partial charge in [-0.25, -0.2) is 0 Å². The minimum absolute atomic E-state index is 0.597. The molecule has 1 atom stereocenters. The molecule has 0 saturated heterocycles. The summed E-state index contributed by atoms with van der Waals surface area (Å²) in [5.41, 5.74) is 3.06. The summed E-state index contributed by atoms with van der Waals surface area (Å²) >= 11 is 0. The number of benzene rings is 1. The van der Waals surface area contributed by atoms with E-state index in [0.717, 1.165) is 13.1 Å². The quantitative estimate of drug-likeness (QED) is 0.859. The molecule has 1 heterocycles. The minimum atomic E-state index is 0.597. The molecule has 100 valence electrons. The monoisotopic (exact) mass is 246 g/mol. The second-order valence-corrected chi connectivity index (χ2v) is 5.74. The van der Waals surface area contributed by atoms with Crippen molar-refractivity contribution in [3.05, 3.63) is 35.4 Å². The SMILES string of the molecule is CC(C)NCCC(C)N1CCc2ccccc2C1. The summed E-state index contributed by atoms with van der Waals surface area (Å²) in [6, 6.07) is 10.1. The second kappa shape index (κ2) is 6.35. The number of nitrogens with one attached hydrogen (secondary N) is 1. The molecule has 18 heavy (non-hydrogen) atoms. The van der Waals surface area contributed by atoms with Gasteiger partial charge in [-0.1, -0.05) is 38.1 Å². The van der Waals surface area contributed by atoms with E-state index in [1.807, 2.05) is 0 Å². The zero-order valence-corrected chi connectivity index (χ0v) is 11.9. The van der Waals surface area contributed by atoms with E-state index in [-0.39, 0.29) is 0 Å². The Labute approximate surface area is 111 Å². The van der Waals surface area contributed by atoms with Gasteiger partial charge >= 0.3 is 0 Å². The van der Waals surface area contributed by atoms with Crippen molar-refractivity contribution in [2.75, 3.05) is 13.1 Å². The van der Waals surface area contributed by atoms with Crippen molar-refractivity contribution < 1.29 is 0 Å². The molecule has 0 saturated carbocycles. The number of hydrogen-bond acceptors (Lipinski definition) is 2. The predicted molar refractivity (Wildman–Crippen MR) is 77.8 cm³/mol. The van der Waals surface area contributed by atoms with E-state index < -0.39 is 0 Å². The Bertz CT molecular complexity index is 373. The summed E-state index contributed by atoms with van der Waals surface area (Å²) in [6.07, 6.45) is 2.44. The topological polar surface area (TPSA) is 15.3 Å². The Morgan fingerprint density at radius 1 is 1.17 bits per heavy atom. The lowest BCUT2D eigenvalue weighted by atomic mass is 9.98. The standard InChI is InChI=1S/C16H26N2/c1-13(2)17-10-8-14(3)18-11-9-15-6-4-5-7-16(15)12-18/h4-7,13-14,17H,8-12H2,1-3H3. The van der Waals surface area contributed by atoms with E-state index in [0.29, 0.717) is 12.1 Å². The average molecular weight is 246 g/mol. The number of fused-ring (bicyclic) bond motifs is 1. The summed E-state index contributed by atoms with van der Waals surface area (Å²) in [5, 5.41) is 3.51. The van der Waals surface area contributed by atoms with Gasteiger partial charge in [0.25, 0.3) is 0 Å². The number of nitrogens with zero attached hydrogens (tertiary/aromatic N) is 1. The van der Waals surface area contributed by atoms with Crippen LogP contribution < -0.4 is 5.32 Å². The molecular formula is C16H26N2. The van der Waals surface area contributed by atoms with Crippen LogP contribution in [-0.4, -0.2) is 30.1 Å². The van der Waals surface area contributed by atoms with Gasteiger partial charge in [0.2, 0.25) is 0 Å². The summed E-state index contributed by atoms with van der Waals surface area (Å²) in [5.74, 6) is 0. The highest BCUT2D eigenvalue weighted by Crippen LogP contribution is 2.20. The molecule has 0 bridgehead atoms. The van der Waals surface area contributed by atoms with Crippen molar-refractivity contribution in [3.63, 3.8) is 0 Å². The molecule has 2 heteroatoms. The molecule has 0 spiro atoms. The maximum atomic E-state index is 3.51. The molecule has 0 radical (unpaired) electrons. The average Bonchev–Trinajstić information content (AvgIpc) is 2.37. The van der Waals surface area contributed by atoms with Crippen LogP contribution in [0.1, 0.15) is 38.3 Å². The summed E-state index contributed by atoms with van der Waals surface area (Å²) in [7, 11) is 0. The lowest BCUT2D eigenvalue weighted by Crippen LogP contribution is -2.39. The van der Waals surface area contributed by atoms with Crippen LogP contribution in [0.3, 0.4) is 0 Å². The molecule has 2 rings (SSSR count). The van der Waals surface area contributed by atoms with Crippen molar-refractivity contribution in [2.45, 2.75) is 52.2 Å². The molecule has 0 aliphatic carbocycles. The van der Waals surface area contributed by atoms with E-state index in [2.05, 4.69) is 55.3 Å². The van der Waals surface area contributed by atoms with Gasteiger partial charge in [-0.15, -0.1) is 0 Å². The van der Waals surface area contributed by atoms with Crippen molar-refractivity contribution in [1.29, 1.82) is 0 Å². The van der Waals surface area contributed by atoms with Crippen LogP contribution in [0.4, 0.5) is 0 Å². The molecule has 1 aromatic carbocycles. The summed E-state index contributed by atoms with van der Waals surface area (Å²) in [6.45, 7) is 10.2. The van der Waals surface area contributed by atoms with Crippen LogP contribution in [0.25, 0.3) is 0 Å². The Hall–Kier alpha value is -0.860. The van der Waals surface area contributed by atoms with E-state index >= 15 is 0 Å². The van der Waals surface area contributed by atoms with Crippen LogP contribution >= 0.6 is 0 Å². The van der Waals surface area contributed by atoms with Gasteiger partial charge in [-0.2, -0.15) is 0 Å². The molecule has 0 aromatic heterocycles. The molecule has 1 aliphatic heterocycles. The van der Waals surface area contributed by atoms with Crippen LogP contribution in [-0.2, 0) is 13.0 Å². The lowest BCUT2D eigenvalue weighted by Gasteiger charge is -2.34. The van der Waals surface area contributed by atoms with Crippen molar-refractivity contribution in [2.24, 2.45) is 0 Å². The zero-order valence-electron chi connectivity index (χ0n) is 11.9. The first-order chi connectivity index (χ1) is 8.66. The Kier molecular flexibility index (Phi) is 4.79. The van der Waals surface area contributed by atoms with Gasteiger partial charge in [0.1, 0.15) is 0 Å². The molecular weight excluding hydrogens is 220 g/mol. The fourth-order valence-corrected chi connectivity index (χ4v) is 2.66. The third-order valence-corrected chi connectivity index (χ3v) is 3.90. The highest BCUT2D eigenvalue weighted by atomic mass is 15.2. The fraction of sp³-hybridized carbons (Fsp3) is 0.625. The molecule has 0 amide bonds. The van der Waals surface area contributed by atoms with Crippen LogP contribution in [0.2, 0.25) is 0 Å². The van der Waals surface area contributed by atoms with Crippen molar-refractivity contribution >= 4 is 0 Å². The van der Waals surface area contributed by atoms with E-state index in [4.69, 9.17) is 0 Å². The number of hydrogen-bond donors (Lipinski definition) is 1. The van der Waals surface area contributed by atoms with Gasteiger partial charge in [0.05, 0.1) is 0 Å². The van der Waals surface area contributed by atoms with Crippen molar-refractivity contribution in [1.82, 2.24) is 10.2 Å². The Morgan fingerprint density at radius 2 is 1.89 bits per heavy atom. The van der Waals surface area contributed by atoms with Gasteiger partial charge in [0.15, 0.2) is 0 Å². The highest BCUT2D eigenvalue weighted by Gasteiger charge is 2.19. The van der Waals surface area contributed by atoms with Gasteiger partial charge in [0, 0.05) is 25.2 Å². The zero-order chi connectivity index (χ0) is 13.0. The first-order valence-electron chi connectivity index (χ1n) is 7.21. The van der Waals surface area contributed by atoms with Crippen LogP contribution in [0.15, 0.2) is 24.3 Å². The molecule has 2 nitrogen and oxygen atoms in total. The first kappa shape index (κ1) is 13.6. The normalized spacial score (nSPS) is 17.8. The third kappa shape index (κ3) is 3.56.